The van der Waals surface area contributed by atoms with Gasteiger partial charge in [0.1, 0.15) is 6.04 Å². The van der Waals surface area contributed by atoms with Crippen LogP contribution in [0.2, 0.25) is 0 Å². The monoisotopic (exact) mass is 260 g/mol. The molecule has 3 atom stereocenters. The number of hydrogen-bond acceptors (Lipinski definition) is 2. The van der Waals surface area contributed by atoms with E-state index in [0.29, 0.717) is 12.0 Å². The lowest BCUT2D eigenvalue weighted by atomic mass is 9.87. The minimum atomic E-state index is -0.558. The van der Waals surface area contributed by atoms with Crippen molar-refractivity contribution >= 4 is 5.91 Å². The molecule has 0 aromatic heterocycles. The smallest absolute Gasteiger partial charge is 0.241 e. The normalized spacial score (nSPS) is 24.8. The van der Waals surface area contributed by atoms with Crippen LogP contribution in [0.25, 0.3) is 0 Å². The molecule has 3 unspecified atom stereocenters. The van der Waals surface area contributed by atoms with E-state index in [0.717, 1.165) is 18.4 Å². The van der Waals surface area contributed by atoms with Crippen molar-refractivity contribution in [2.45, 2.75) is 51.6 Å². The number of nitrogens with two attached hydrogens (primary N) is 1. The Labute approximate surface area is 115 Å². The number of aryl methyl sites for hydroxylation is 1. The van der Waals surface area contributed by atoms with Crippen LogP contribution in [0.1, 0.15) is 49.8 Å². The van der Waals surface area contributed by atoms with Gasteiger partial charge in [0.2, 0.25) is 5.91 Å². The van der Waals surface area contributed by atoms with Crippen LogP contribution in [0.15, 0.2) is 24.3 Å². The topological polar surface area (TPSA) is 55.1 Å². The summed E-state index contributed by atoms with van der Waals surface area (Å²) in [6.45, 7) is 4.27. The maximum Gasteiger partial charge on any atom is 0.241 e. The zero-order chi connectivity index (χ0) is 13.8. The average Bonchev–Trinajstić information content (AvgIpc) is 2.39. The van der Waals surface area contributed by atoms with Gasteiger partial charge in [0.15, 0.2) is 0 Å². The quantitative estimate of drug-likeness (QED) is 0.878. The fourth-order valence-electron chi connectivity index (χ4n) is 2.78. The van der Waals surface area contributed by atoms with Gasteiger partial charge >= 0.3 is 0 Å². The molecule has 0 saturated heterocycles. The number of amides is 1. The average molecular weight is 260 g/mol. The molecule has 1 saturated carbocycles. The lowest BCUT2D eigenvalue weighted by molar-refractivity contribution is -0.123. The summed E-state index contributed by atoms with van der Waals surface area (Å²) in [5.74, 6) is 0.651. The second-order valence-corrected chi connectivity index (χ2v) is 5.87. The van der Waals surface area contributed by atoms with E-state index in [1.54, 1.807) is 0 Å². The molecule has 3 nitrogen and oxygen atoms in total. The fourth-order valence-corrected chi connectivity index (χ4v) is 2.78. The molecule has 1 aromatic carbocycles. The molecular weight excluding hydrogens is 236 g/mol. The first-order valence-corrected chi connectivity index (χ1v) is 7.19. The van der Waals surface area contributed by atoms with Crippen molar-refractivity contribution in [2.24, 2.45) is 11.7 Å². The van der Waals surface area contributed by atoms with Crippen molar-refractivity contribution in [2.75, 3.05) is 0 Å². The summed E-state index contributed by atoms with van der Waals surface area (Å²) < 4.78 is 0. The third-order valence-electron chi connectivity index (χ3n) is 4.00. The summed E-state index contributed by atoms with van der Waals surface area (Å²) in [5, 5.41) is 3.10. The molecule has 0 aliphatic heterocycles. The standard InChI is InChI=1S/C16H24N2O/c1-11-6-8-13(9-7-11)15(17)16(19)18-14-5-3-4-12(2)10-14/h6-9,12,14-15H,3-5,10,17H2,1-2H3,(H,18,19). The van der Waals surface area contributed by atoms with Gasteiger partial charge in [-0.15, -0.1) is 0 Å². The highest BCUT2D eigenvalue weighted by Gasteiger charge is 2.23. The highest BCUT2D eigenvalue weighted by molar-refractivity contribution is 5.83. The molecule has 0 radical (unpaired) electrons. The molecule has 0 spiro atoms. The highest BCUT2D eigenvalue weighted by atomic mass is 16.2. The van der Waals surface area contributed by atoms with E-state index in [9.17, 15) is 4.79 Å². The summed E-state index contributed by atoms with van der Waals surface area (Å²) in [6.07, 6.45) is 4.63. The molecule has 1 fully saturated rings. The van der Waals surface area contributed by atoms with E-state index in [-0.39, 0.29) is 5.91 Å². The lowest BCUT2D eigenvalue weighted by Gasteiger charge is -2.28. The molecule has 0 bridgehead atoms. The van der Waals surface area contributed by atoms with Crippen molar-refractivity contribution < 1.29 is 4.79 Å². The predicted molar refractivity (Wildman–Crippen MR) is 77.7 cm³/mol. The first-order chi connectivity index (χ1) is 9.06. The van der Waals surface area contributed by atoms with Crippen LogP contribution in [0.4, 0.5) is 0 Å². The third kappa shape index (κ3) is 3.80. The summed E-state index contributed by atoms with van der Waals surface area (Å²) in [5.41, 5.74) is 8.09. The van der Waals surface area contributed by atoms with Gasteiger partial charge in [0.05, 0.1) is 0 Å². The molecule has 1 aliphatic rings. The van der Waals surface area contributed by atoms with E-state index >= 15 is 0 Å². The Kier molecular flexibility index (Phi) is 4.59. The number of rotatable bonds is 3. The van der Waals surface area contributed by atoms with Gasteiger partial charge in [0.25, 0.3) is 0 Å². The van der Waals surface area contributed by atoms with Gasteiger partial charge in [-0.3, -0.25) is 4.79 Å². The number of carbonyl (C=O) groups is 1. The second kappa shape index (κ2) is 6.20. The Hall–Kier alpha value is -1.35. The minimum absolute atomic E-state index is 0.0528. The van der Waals surface area contributed by atoms with Crippen LogP contribution in [-0.2, 0) is 4.79 Å². The molecule has 1 aromatic rings. The predicted octanol–water partition coefficient (Wildman–Crippen LogP) is 2.69. The number of hydrogen-bond donors (Lipinski definition) is 2. The van der Waals surface area contributed by atoms with Crippen LogP contribution in [0.5, 0.6) is 0 Å². The van der Waals surface area contributed by atoms with E-state index < -0.39 is 6.04 Å². The first kappa shape index (κ1) is 14.1. The van der Waals surface area contributed by atoms with Crippen molar-refractivity contribution in [3.05, 3.63) is 35.4 Å². The zero-order valence-electron chi connectivity index (χ0n) is 11.9. The molecule has 19 heavy (non-hydrogen) atoms. The van der Waals surface area contributed by atoms with Gasteiger partial charge in [0, 0.05) is 6.04 Å². The molecule has 1 aliphatic carbocycles. The zero-order valence-corrected chi connectivity index (χ0v) is 11.9. The third-order valence-corrected chi connectivity index (χ3v) is 4.00. The number of carbonyl (C=O) groups excluding carboxylic acids is 1. The molecule has 3 N–H and O–H groups in total. The molecule has 0 heterocycles. The van der Waals surface area contributed by atoms with Gasteiger partial charge in [-0.1, -0.05) is 49.6 Å². The van der Waals surface area contributed by atoms with Gasteiger partial charge < -0.3 is 11.1 Å². The van der Waals surface area contributed by atoms with Gasteiger partial charge in [-0.25, -0.2) is 0 Å². The summed E-state index contributed by atoms with van der Waals surface area (Å²) >= 11 is 0. The summed E-state index contributed by atoms with van der Waals surface area (Å²) in [7, 11) is 0. The Bertz CT molecular complexity index is 427. The number of nitrogens with one attached hydrogen (secondary N) is 1. The Morgan fingerprint density at radius 3 is 2.63 bits per heavy atom. The Morgan fingerprint density at radius 1 is 1.32 bits per heavy atom. The van der Waals surface area contributed by atoms with Gasteiger partial charge in [-0.05, 0) is 31.2 Å². The van der Waals surface area contributed by atoms with E-state index in [2.05, 4.69) is 12.2 Å². The van der Waals surface area contributed by atoms with Crippen molar-refractivity contribution in [1.29, 1.82) is 0 Å². The van der Waals surface area contributed by atoms with Gasteiger partial charge in [-0.2, -0.15) is 0 Å². The first-order valence-electron chi connectivity index (χ1n) is 7.19. The van der Waals surface area contributed by atoms with Crippen LogP contribution in [-0.4, -0.2) is 11.9 Å². The Balaban J connectivity index is 1.93. The van der Waals surface area contributed by atoms with Crippen LogP contribution in [0, 0.1) is 12.8 Å². The van der Waals surface area contributed by atoms with Crippen LogP contribution < -0.4 is 11.1 Å². The van der Waals surface area contributed by atoms with E-state index in [1.807, 2.05) is 31.2 Å². The van der Waals surface area contributed by atoms with Crippen LogP contribution in [0.3, 0.4) is 0 Å². The van der Waals surface area contributed by atoms with Crippen molar-refractivity contribution in [3.8, 4) is 0 Å². The maximum absolute atomic E-state index is 12.2. The minimum Gasteiger partial charge on any atom is -0.352 e. The maximum atomic E-state index is 12.2. The SMILES string of the molecule is Cc1ccc(C(N)C(=O)NC2CCCC(C)C2)cc1. The number of benzene rings is 1. The Morgan fingerprint density at radius 2 is 2.00 bits per heavy atom. The van der Waals surface area contributed by atoms with Crippen molar-refractivity contribution in [1.82, 2.24) is 5.32 Å². The lowest BCUT2D eigenvalue weighted by Crippen LogP contribution is -2.42. The summed E-state index contributed by atoms with van der Waals surface area (Å²) in [4.78, 5) is 12.2. The molecular formula is C16H24N2O. The second-order valence-electron chi connectivity index (χ2n) is 5.87. The highest BCUT2D eigenvalue weighted by Crippen LogP contribution is 2.24. The van der Waals surface area contributed by atoms with Crippen molar-refractivity contribution in [3.63, 3.8) is 0 Å². The fraction of sp³-hybridized carbons (Fsp3) is 0.562. The molecule has 3 heteroatoms. The van der Waals surface area contributed by atoms with Crippen LogP contribution >= 0.6 is 0 Å². The molecule has 1 amide bonds. The largest absolute Gasteiger partial charge is 0.352 e. The summed E-state index contributed by atoms with van der Waals surface area (Å²) in [6, 6.07) is 7.59. The molecule has 104 valence electrons. The van der Waals surface area contributed by atoms with E-state index in [4.69, 9.17) is 5.73 Å². The van der Waals surface area contributed by atoms with E-state index in [1.165, 1.54) is 18.4 Å². The molecule has 2 rings (SSSR count).